The van der Waals surface area contributed by atoms with E-state index in [1.165, 1.54) is 0 Å². The Morgan fingerprint density at radius 1 is 1.29 bits per heavy atom. The van der Waals surface area contributed by atoms with Crippen LogP contribution in [0.15, 0.2) is 12.1 Å². The summed E-state index contributed by atoms with van der Waals surface area (Å²) < 4.78 is 11.1. The molecule has 130 valence electrons. The molecule has 3 N–H and O–H groups in total. The van der Waals surface area contributed by atoms with E-state index in [2.05, 4.69) is 16.2 Å². The highest BCUT2D eigenvalue weighted by atomic mass is 35.5. The average Bonchev–Trinajstić information content (AvgIpc) is 3.02. The minimum Gasteiger partial charge on any atom is -0.486 e. The predicted molar refractivity (Wildman–Crippen MR) is 90.3 cm³/mol. The van der Waals surface area contributed by atoms with Gasteiger partial charge in [-0.3, -0.25) is 15.6 Å². The van der Waals surface area contributed by atoms with Gasteiger partial charge in [0.2, 0.25) is 5.91 Å². The van der Waals surface area contributed by atoms with Gasteiger partial charge in [-0.05, 0) is 42.9 Å². The number of benzene rings is 1. The number of hydrogen-bond acceptors (Lipinski definition) is 5. The number of rotatable bonds is 3. The number of carbonyl (C=O) groups is 1. The van der Waals surface area contributed by atoms with Gasteiger partial charge >= 0.3 is 0 Å². The van der Waals surface area contributed by atoms with Crippen LogP contribution in [0.2, 0.25) is 5.02 Å². The number of hydrazine groups is 1. The Balaban J connectivity index is 1.37. The maximum Gasteiger partial charge on any atom is 0.224 e. The standard InChI is InChI=1S/C17H22ClN3O3/c18-13-5-10(6-15-17(13)24-4-3-23-15)7-16(22)20-12-1-2-14-11(8-12)9-19-21-14/h5-6,11-12,14,19,21H,1-4,7-9H2,(H,20,22). The van der Waals surface area contributed by atoms with Gasteiger partial charge in [-0.1, -0.05) is 11.6 Å². The smallest absolute Gasteiger partial charge is 0.224 e. The highest BCUT2D eigenvalue weighted by Gasteiger charge is 2.34. The summed E-state index contributed by atoms with van der Waals surface area (Å²) in [5, 5.41) is 3.67. The molecule has 4 rings (SSSR count). The van der Waals surface area contributed by atoms with Gasteiger partial charge in [0, 0.05) is 18.6 Å². The molecule has 1 saturated carbocycles. The first-order chi connectivity index (χ1) is 11.7. The van der Waals surface area contributed by atoms with Crippen molar-refractivity contribution in [3.8, 4) is 11.5 Å². The number of ether oxygens (including phenoxy) is 2. The SMILES string of the molecule is O=C(Cc1cc(Cl)c2c(c1)OCCO2)NC1CCC2NNCC2C1. The first-order valence-corrected chi connectivity index (χ1v) is 8.92. The van der Waals surface area contributed by atoms with Crippen molar-refractivity contribution < 1.29 is 14.3 Å². The lowest BCUT2D eigenvalue weighted by Gasteiger charge is -2.31. The Hall–Kier alpha value is -1.50. The number of amides is 1. The Bertz CT molecular complexity index is 640. The number of hydrogen-bond donors (Lipinski definition) is 3. The van der Waals surface area contributed by atoms with Crippen LogP contribution in [0.5, 0.6) is 11.5 Å². The van der Waals surface area contributed by atoms with Crippen molar-refractivity contribution in [1.29, 1.82) is 0 Å². The van der Waals surface area contributed by atoms with Crippen molar-refractivity contribution in [2.75, 3.05) is 19.8 Å². The molecule has 0 radical (unpaired) electrons. The molecule has 0 bridgehead atoms. The van der Waals surface area contributed by atoms with Crippen LogP contribution < -0.4 is 25.6 Å². The second kappa shape index (κ2) is 6.78. The summed E-state index contributed by atoms with van der Waals surface area (Å²) in [4.78, 5) is 12.4. The number of nitrogens with one attached hydrogen (secondary N) is 3. The Labute approximate surface area is 146 Å². The second-order valence-corrected chi connectivity index (χ2v) is 7.16. The van der Waals surface area contributed by atoms with Crippen molar-refractivity contribution in [3.63, 3.8) is 0 Å². The second-order valence-electron chi connectivity index (χ2n) is 6.75. The van der Waals surface area contributed by atoms with Crippen LogP contribution in [0.3, 0.4) is 0 Å². The average molecular weight is 352 g/mol. The Morgan fingerprint density at radius 2 is 2.17 bits per heavy atom. The monoisotopic (exact) mass is 351 g/mol. The first kappa shape index (κ1) is 16.0. The maximum atomic E-state index is 12.4. The largest absolute Gasteiger partial charge is 0.486 e. The van der Waals surface area contributed by atoms with Gasteiger partial charge < -0.3 is 14.8 Å². The third-order valence-electron chi connectivity index (χ3n) is 5.02. The van der Waals surface area contributed by atoms with Gasteiger partial charge in [-0.25, -0.2) is 0 Å². The molecular weight excluding hydrogens is 330 g/mol. The van der Waals surface area contributed by atoms with Crippen molar-refractivity contribution in [2.45, 2.75) is 37.8 Å². The van der Waals surface area contributed by atoms with Crippen LogP contribution in [0.1, 0.15) is 24.8 Å². The summed E-state index contributed by atoms with van der Waals surface area (Å²) in [5.74, 6) is 1.84. The van der Waals surface area contributed by atoms with Crippen molar-refractivity contribution >= 4 is 17.5 Å². The summed E-state index contributed by atoms with van der Waals surface area (Å²) in [7, 11) is 0. The van der Waals surface area contributed by atoms with Gasteiger partial charge in [0.1, 0.15) is 13.2 Å². The van der Waals surface area contributed by atoms with E-state index >= 15 is 0 Å². The van der Waals surface area contributed by atoms with Crippen LogP contribution >= 0.6 is 11.6 Å². The highest BCUT2D eigenvalue weighted by molar-refractivity contribution is 6.32. The number of halogens is 1. The summed E-state index contributed by atoms with van der Waals surface area (Å²) in [6, 6.07) is 4.45. The predicted octanol–water partition coefficient (Wildman–Crippen LogP) is 1.41. The van der Waals surface area contributed by atoms with E-state index in [9.17, 15) is 4.79 Å². The molecule has 1 aliphatic carbocycles. The lowest BCUT2D eigenvalue weighted by molar-refractivity contribution is -0.121. The van der Waals surface area contributed by atoms with Crippen molar-refractivity contribution in [3.05, 3.63) is 22.7 Å². The van der Waals surface area contributed by atoms with E-state index in [-0.39, 0.29) is 11.9 Å². The van der Waals surface area contributed by atoms with Crippen LogP contribution in [0, 0.1) is 5.92 Å². The normalized spacial score (nSPS) is 28.3. The fraction of sp³-hybridized carbons (Fsp3) is 0.588. The number of carbonyl (C=O) groups excluding carboxylic acids is 1. The fourth-order valence-electron chi connectivity index (χ4n) is 3.86. The third-order valence-corrected chi connectivity index (χ3v) is 5.30. The van der Waals surface area contributed by atoms with Crippen LogP contribution in [-0.2, 0) is 11.2 Å². The van der Waals surface area contributed by atoms with E-state index in [1.807, 2.05) is 6.07 Å². The molecule has 24 heavy (non-hydrogen) atoms. The highest BCUT2D eigenvalue weighted by Crippen LogP contribution is 2.38. The first-order valence-electron chi connectivity index (χ1n) is 8.55. The summed E-state index contributed by atoms with van der Waals surface area (Å²) in [6.07, 6.45) is 3.44. The van der Waals surface area contributed by atoms with E-state index in [4.69, 9.17) is 21.1 Å². The topological polar surface area (TPSA) is 71.6 Å². The summed E-state index contributed by atoms with van der Waals surface area (Å²) in [6.45, 7) is 1.99. The molecule has 3 unspecified atom stereocenters. The van der Waals surface area contributed by atoms with Gasteiger partial charge in [0.05, 0.1) is 11.4 Å². The molecule has 3 aliphatic rings. The Morgan fingerprint density at radius 3 is 3.08 bits per heavy atom. The fourth-order valence-corrected chi connectivity index (χ4v) is 4.15. The van der Waals surface area contributed by atoms with E-state index in [0.717, 1.165) is 31.4 Å². The van der Waals surface area contributed by atoms with E-state index in [0.29, 0.717) is 48.1 Å². The molecule has 2 aliphatic heterocycles. The minimum absolute atomic E-state index is 0.0325. The molecule has 6 nitrogen and oxygen atoms in total. The molecule has 2 heterocycles. The molecule has 3 atom stereocenters. The molecule has 0 spiro atoms. The lowest BCUT2D eigenvalue weighted by atomic mass is 9.83. The quantitative estimate of drug-likeness (QED) is 0.768. The van der Waals surface area contributed by atoms with Crippen molar-refractivity contribution in [1.82, 2.24) is 16.2 Å². The zero-order valence-corrected chi connectivity index (χ0v) is 14.2. The van der Waals surface area contributed by atoms with Gasteiger partial charge in [0.15, 0.2) is 11.5 Å². The summed E-state index contributed by atoms with van der Waals surface area (Å²) in [5.41, 5.74) is 7.36. The zero-order chi connectivity index (χ0) is 16.5. The van der Waals surface area contributed by atoms with Gasteiger partial charge in [0.25, 0.3) is 0 Å². The van der Waals surface area contributed by atoms with E-state index in [1.54, 1.807) is 6.07 Å². The molecule has 2 fully saturated rings. The minimum atomic E-state index is 0.0325. The van der Waals surface area contributed by atoms with Gasteiger partial charge in [-0.15, -0.1) is 0 Å². The van der Waals surface area contributed by atoms with Crippen LogP contribution in [0.4, 0.5) is 0 Å². The summed E-state index contributed by atoms with van der Waals surface area (Å²) >= 11 is 6.23. The van der Waals surface area contributed by atoms with Crippen LogP contribution in [0.25, 0.3) is 0 Å². The zero-order valence-electron chi connectivity index (χ0n) is 13.4. The van der Waals surface area contributed by atoms with E-state index < -0.39 is 0 Å². The van der Waals surface area contributed by atoms with Crippen molar-refractivity contribution in [2.24, 2.45) is 5.92 Å². The molecule has 1 saturated heterocycles. The lowest BCUT2D eigenvalue weighted by Crippen LogP contribution is -2.44. The molecule has 0 aromatic heterocycles. The molecular formula is C17H22ClN3O3. The third kappa shape index (κ3) is 3.31. The maximum absolute atomic E-state index is 12.4. The molecule has 1 amide bonds. The molecule has 7 heteroatoms. The Kier molecular flexibility index (Phi) is 4.52. The molecule has 1 aromatic carbocycles. The molecule has 1 aromatic rings. The number of fused-ring (bicyclic) bond motifs is 2. The van der Waals surface area contributed by atoms with Gasteiger partial charge in [-0.2, -0.15) is 0 Å². The van der Waals surface area contributed by atoms with Crippen LogP contribution in [-0.4, -0.2) is 37.7 Å².